The third kappa shape index (κ3) is 37.9. The predicted octanol–water partition coefficient (Wildman–Crippen LogP) is 1.26. The van der Waals surface area contributed by atoms with Crippen LogP contribution in [0.3, 0.4) is 0 Å². The van der Waals surface area contributed by atoms with Crippen LogP contribution in [0.5, 0.6) is 0 Å². The standard InChI is InChI=1S/3ClH.Er.Ho.Tm.Y.Yb/h3*1H;;;;;. The molecule has 0 amide bonds. The molecule has 0 spiro atoms. The van der Waals surface area contributed by atoms with Gasteiger partial charge in [0.25, 0.3) is 0 Å². The summed E-state index contributed by atoms with van der Waals surface area (Å²) < 4.78 is 0. The topological polar surface area (TPSA) is 0 Å². The van der Waals surface area contributed by atoms with Crippen LogP contribution in [0.4, 0.5) is 0 Å². The molecule has 77 valence electrons. The molecule has 0 aliphatic rings. The molecule has 0 aromatic carbocycles. The second kappa shape index (κ2) is 47.6. The smallest absolute Gasteiger partial charge is 0 e. The molecule has 0 unspecified atom stereocenters. The monoisotopic (exact) mass is 871 g/mol. The largest absolute Gasteiger partial charge is 0.147 e. The van der Waals surface area contributed by atoms with Crippen molar-refractivity contribution in [1.29, 1.82) is 0 Å². The van der Waals surface area contributed by atoms with E-state index in [0.29, 0.717) is 0 Å². The van der Waals surface area contributed by atoms with Gasteiger partial charge >= 0.3 is 0 Å². The summed E-state index contributed by atoms with van der Waals surface area (Å²) >= 11 is 0. The molecular weight excluding hydrogens is 869 g/mol. The Balaban J connectivity index is 0. The normalized spacial score (nSPS) is 0. The van der Waals surface area contributed by atoms with E-state index < -0.39 is 0 Å². The Bertz CT molecular complexity index is 19.2. The molecule has 8 heteroatoms. The van der Waals surface area contributed by atoms with E-state index in [4.69, 9.17) is 0 Å². The Morgan fingerprint density at radius 2 is 0.750 bits per heavy atom. The first-order valence-corrected chi connectivity index (χ1v) is 0. The summed E-state index contributed by atoms with van der Waals surface area (Å²) in [6.45, 7) is 0. The minimum absolute atomic E-state index is 0. The summed E-state index contributed by atoms with van der Waals surface area (Å²) in [6.07, 6.45) is 0. The molecule has 0 saturated carbocycles. The number of rotatable bonds is 0. The average molecular weight is 872 g/mol. The Morgan fingerprint density at radius 3 is 0.750 bits per heavy atom. The molecule has 0 saturated heterocycles. The molecule has 0 fully saturated rings. The quantitative estimate of drug-likeness (QED) is 0.323. The van der Waals surface area contributed by atoms with Gasteiger partial charge in [-0.3, -0.25) is 0 Å². The van der Waals surface area contributed by atoms with Gasteiger partial charge in [0.1, 0.15) is 0 Å². The summed E-state index contributed by atoms with van der Waals surface area (Å²) in [5, 5.41) is 0. The maximum Gasteiger partial charge on any atom is 0 e. The van der Waals surface area contributed by atoms with E-state index in [1.54, 1.807) is 0 Å². The van der Waals surface area contributed by atoms with Crippen molar-refractivity contribution in [2.45, 2.75) is 0 Å². The minimum Gasteiger partial charge on any atom is -0.147 e. The van der Waals surface area contributed by atoms with Gasteiger partial charge < -0.3 is 0 Å². The van der Waals surface area contributed by atoms with Gasteiger partial charge in [0.15, 0.2) is 0 Å². The summed E-state index contributed by atoms with van der Waals surface area (Å²) in [7, 11) is 0. The Labute approximate surface area is 221 Å². The van der Waals surface area contributed by atoms with Crippen LogP contribution in [-0.4, -0.2) is 0 Å². The van der Waals surface area contributed by atoms with E-state index in [1.165, 1.54) is 0 Å². The van der Waals surface area contributed by atoms with Crippen molar-refractivity contribution >= 4 is 37.2 Å². The molecule has 0 rings (SSSR count). The van der Waals surface area contributed by atoms with Crippen LogP contribution in [0.2, 0.25) is 0 Å². The Morgan fingerprint density at radius 1 is 0.750 bits per heavy atom. The van der Waals surface area contributed by atoms with Crippen LogP contribution in [0.15, 0.2) is 0 Å². The molecule has 8 heavy (non-hydrogen) atoms. The molecule has 0 atom stereocenters. The van der Waals surface area contributed by atoms with Crippen LogP contribution in [0.25, 0.3) is 0 Å². The van der Waals surface area contributed by atoms with Gasteiger partial charge in [-0.15, -0.1) is 37.2 Å². The molecule has 0 aliphatic heterocycles. The second-order valence-corrected chi connectivity index (χ2v) is 0. The summed E-state index contributed by atoms with van der Waals surface area (Å²) in [5.74, 6) is 0. The van der Waals surface area contributed by atoms with Crippen molar-refractivity contribution in [3.8, 4) is 0 Å². The predicted molar refractivity (Wildman–Crippen MR) is 21.7 cm³/mol. The molecule has 0 bridgehead atoms. The van der Waals surface area contributed by atoms with Crippen molar-refractivity contribution in [2.24, 2.45) is 0 Å². The van der Waals surface area contributed by atoms with Crippen LogP contribution in [0.1, 0.15) is 0 Å². The Hall–Kier alpha value is 7.23. The number of halogens is 3. The first-order chi connectivity index (χ1) is 0. The fraction of sp³-hybridized carbons (Fsp3) is 0. The van der Waals surface area contributed by atoms with Gasteiger partial charge in [-0.1, -0.05) is 0 Å². The fourth-order valence-electron chi connectivity index (χ4n) is 0. The van der Waals surface area contributed by atoms with Crippen molar-refractivity contribution in [1.82, 2.24) is 0 Å². The van der Waals surface area contributed by atoms with E-state index >= 15 is 0 Å². The first kappa shape index (κ1) is 59.0. The zero-order chi connectivity index (χ0) is 0. The van der Waals surface area contributed by atoms with Gasteiger partial charge in [-0.05, 0) is 0 Å². The minimum atomic E-state index is 0. The molecule has 0 N–H and O–H groups in total. The van der Waals surface area contributed by atoms with Crippen LogP contribution >= 0.6 is 37.2 Å². The molecule has 0 aromatic rings. The SMILES string of the molecule is Cl.Cl.Cl.[Er].[Ho].[Tm].[Y].[Yb]. The third-order valence-corrected chi connectivity index (χ3v) is 0. The Kier molecular flexibility index (Phi) is 351. The molecule has 0 nitrogen and oxygen atoms in total. The van der Waals surface area contributed by atoms with Crippen LogP contribution in [0, 0.1) is 159 Å². The zero-order valence-corrected chi connectivity index (χ0v) is 15.5. The van der Waals surface area contributed by atoms with Crippen molar-refractivity contribution < 1.29 is 192 Å². The molecular formula is H3Cl3ErHoTmYYb. The van der Waals surface area contributed by atoms with Crippen LogP contribution < -0.4 is 0 Å². The van der Waals surface area contributed by atoms with Crippen molar-refractivity contribution in [2.75, 3.05) is 0 Å². The first-order valence-electron chi connectivity index (χ1n) is 0. The summed E-state index contributed by atoms with van der Waals surface area (Å²) in [5.41, 5.74) is 0. The van der Waals surface area contributed by atoms with Gasteiger partial charge in [0.2, 0.25) is 0 Å². The summed E-state index contributed by atoms with van der Waals surface area (Å²) in [6, 6.07) is 0. The third-order valence-electron chi connectivity index (χ3n) is 0. The van der Waals surface area contributed by atoms with Gasteiger partial charge in [-0.2, -0.15) is 0 Å². The summed E-state index contributed by atoms with van der Waals surface area (Å²) in [4.78, 5) is 0. The van der Waals surface area contributed by atoms with Crippen molar-refractivity contribution in [3.05, 3.63) is 0 Å². The van der Waals surface area contributed by atoms with Gasteiger partial charge in [0, 0.05) is 192 Å². The van der Waals surface area contributed by atoms with Gasteiger partial charge in [0.05, 0.1) is 0 Å². The van der Waals surface area contributed by atoms with E-state index in [1.807, 2.05) is 0 Å². The van der Waals surface area contributed by atoms with E-state index in [-0.39, 0.29) is 229 Å². The molecule has 3 radical (unpaired) electrons. The van der Waals surface area contributed by atoms with Crippen LogP contribution in [-0.2, 0) is 32.7 Å². The second-order valence-electron chi connectivity index (χ2n) is 0. The maximum atomic E-state index is 0. The van der Waals surface area contributed by atoms with Gasteiger partial charge in [-0.25, -0.2) is 0 Å². The van der Waals surface area contributed by atoms with E-state index in [9.17, 15) is 0 Å². The fourth-order valence-corrected chi connectivity index (χ4v) is 0. The molecule has 0 heterocycles. The van der Waals surface area contributed by atoms with Crippen molar-refractivity contribution in [3.63, 3.8) is 0 Å². The molecule has 0 aromatic heterocycles. The number of hydrogen-bond donors (Lipinski definition) is 0. The zero-order valence-electron chi connectivity index (χ0n) is 2.94. The van der Waals surface area contributed by atoms with E-state index in [2.05, 4.69) is 0 Å². The van der Waals surface area contributed by atoms with E-state index in [0.717, 1.165) is 0 Å². The maximum absolute atomic E-state index is 0. The molecule has 0 aliphatic carbocycles. The number of hydrogen-bond acceptors (Lipinski definition) is 0. The average Bonchev–Trinajstić information content (AvgIpc) is 0.